The van der Waals surface area contributed by atoms with E-state index >= 15 is 0 Å². The van der Waals surface area contributed by atoms with Crippen molar-refractivity contribution in [2.75, 3.05) is 6.61 Å². The zero-order valence-electron chi connectivity index (χ0n) is 14.3. The number of ketones is 1. The van der Waals surface area contributed by atoms with E-state index in [-0.39, 0.29) is 29.3 Å². The summed E-state index contributed by atoms with van der Waals surface area (Å²) in [4.78, 5) is 11.9. The van der Waals surface area contributed by atoms with Crippen LogP contribution in [-0.4, -0.2) is 27.7 Å². The lowest BCUT2D eigenvalue weighted by Gasteiger charge is -2.22. The van der Waals surface area contributed by atoms with Crippen molar-refractivity contribution in [3.05, 3.63) is 59.2 Å². The standard InChI is InChI=1S/C14H16O4.C6H6O/c1-3-4-5-9-12(16)8(2)14-11(13(9)17)10(15)6-7-18-14;7-6-4-2-1-3-5-6/h3-4,16-17H,5-7H2,1-2H3;1-5,7H/b4-3+;. The SMILES string of the molecule is C/C=C/Cc1c(O)c(C)c2c(c1O)C(=O)CCO2.Oc1ccccc1. The van der Waals surface area contributed by atoms with E-state index in [1.807, 2.05) is 25.1 Å². The van der Waals surface area contributed by atoms with Gasteiger partial charge in [-0.1, -0.05) is 30.4 Å². The van der Waals surface area contributed by atoms with E-state index in [4.69, 9.17) is 9.84 Å². The number of aromatic hydroxyl groups is 3. The minimum atomic E-state index is -0.157. The number of Topliss-reactive ketones (excluding diaryl/α,β-unsaturated/α-hetero) is 1. The number of carbonyl (C=O) groups is 1. The summed E-state index contributed by atoms with van der Waals surface area (Å²) in [6, 6.07) is 8.71. The van der Waals surface area contributed by atoms with Crippen LogP contribution in [0.5, 0.6) is 23.0 Å². The molecule has 0 bridgehead atoms. The largest absolute Gasteiger partial charge is 0.508 e. The summed E-state index contributed by atoms with van der Waals surface area (Å²) < 4.78 is 5.39. The first-order valence-corrected chi connectivity index (χ1v) is 8.05. The number of benzene rings is 2. The van der Waals surface area contributed by atoms with Crippen molar-refractivity contribution >= 4 is 5.78 Å². The van der Waals surface area contributed by atoms with Gasteiger partial charge >= 0.3 is 0 Å². The summed E-state index contributed by atoms with van der Waals surface area (Å²) in [5, 5.41) is 28.8. The minimum Gasteiger partial charge on any atom is -0.508 e. The van der Waals surface area contributed by atoms with E-state index in [9.17, 15) is 15.0 Å². The van der Waals surface area contributed by atoms with Crippen LogP contribution >= 0.6 is 0 Å². The molecule has 0 atom stereocenters. The van der Waals surface area contributed by atoms with Crippen LogP contribution in [0.2, 0.25) is 0 Å². The molecule has 0 amide bonds. The predicted octanol–water partition coefficient (Wildman–Crippen LogP) is 3.88. The molecule has 5 nitrogen and oxygen atoms in total. The van der Waals surface area contributed by atoms with E-state index in [0.717, 1.165) is 0 Å². The quantitative estimate of drug-likeness (QED) is 0.721. The van der Waals surface area contributed by atoms with Crippen molar-refractivity contribution in [3.63, 3.8) is 0 Å². The lowest BCUT2D eigenvalue weighted by molar-refractivity contribution is 0.0928. The number of rotatable bonds is 2. The third kappa shape index (κ3) is 4.12. The molecule has 0 spiro atoms. The fourth-order valence-corrected chi connectivity index (χ4v) is 2.56. The van der Waals surface area contributed by atoms with Crippen LogP contribution in [0.15, 0.2) is 42.5 Å². The maximum Gasteiger partial charge on any atom is 0.173 e. The summed E-state index contributed by atoms with van der Waals surface area (Å²) in [6.45, 7) is 3.83. The summed E-state index contributed by atoms with van der Waals surface area (Å²) >= 11 is 0. The molecule has 0 aliphatic carbocycles. The molecule has 3 rings (SSSR count). The Morgan fingerprint density at radius 1 is 1.12 bits per heavy atom. The van der Waals surface area contributed by atoms with Crippen LogP contribution in [0.4, 0.5) is 0 Å². The van der Waals surface area contributed by atoms with Gasteiger partial charge in [0.05, 0.1) is 6.61 Å². The topological polar surface area (TPSA) is 87.0 Å². The molecule has 1 heterocycles. The summed E-state index contributed by atoms with van der Waals surface area (Å²) in [6.07, 6.45) is 4.28. The van der Waals surface area contributed by atoms with Crippen molar-refractivity contribution in [2.24, 2.45) is 0 Å². The highest BCUT2D eigenvalue weighted by Crippen LogP contribution is 2.44. The zero-order valence-corrected chi connectivity index (χ0v) is 14.3. The van der Waals surface area contributed by atoms with Gasteiger partial charge in [0.15, 0.2) is 5.78 Å². The summed E-state index contributed by atoms with van der Waals surface area (Å²) in [5.41, 5.74) is 1.09. The van der Waals surface area contributed by atoms with Crippen LogP contribution < -0.4 is 4.74 Å². The highest BCUT2D eigenvalue weighted by molar-refractivity contribution is 6.03. The molecule has 0 aromatic heterocycles. The lowest BCUT2D eigenvalue weighted by atomic mass is 9.94. The molecule has 132 valence electrons. The molecule has 0 fully saturated rings. The smallest absolute Gasteiger partial charge is 0.173 e. The highest BCUT2D eigenvalue weighted by atomic mass is 16.5. The number of hydrogen-bond acceptors (Lipinski definition) is 5. The first-order chi connectivity index (χ1) is 12.0. The Hall–Kier alpha value is -2.95. The van der Waals surface area contributed by atoms with Gasteiger partial charge in [0, 0.05) is 17.5 Å². The highest BCUT2D eigenvalue weighted by Gasteiger charge is 2.29. The fraction of sp³-hybridized carbons (Fsp3) is 0.250. The van der Waals surface area contributed by atoms with Crippen molar-refractivity contribution in [1.29, 1.82) is 0 Å². The first kappa shape index (κ1) is 18.4. The van der Waals surface area contributed by atoms with Crippen molar-refractivity contribution in [2.45, 2.75) is 26.7 Å². The molecule has 0 radical (unpaired) electrons. The van der Waals surface area contributed by atoms with Crippen LogP contribution in [0.3, 0.4) is 0 Å². The molecular formula is C20H22O5. The number of hydrogen-bond donors (Lipinski definition) is 3. The first-order valence-electron chi connectivity index (χ1n) is 8.05. The number of fused-ring (bicyclic) bond motifs is 1. The van der Waals surface area contributed by atoms with Gasteiger partial charge in [0.25, 0.3) is 0 Å². The van der Waals surface area contributed by atoms with Gasteiger partial charge in [-0.3, -0.25) is 4.79 Å². The van der Waals surface area contributed by atoms with Gasteiger partial charge in [-0.05, 0) is 32.4 Å². The normalized spacial score (nSPS) is 13.0. The van der Waals surface area contributed by atoms with E-state index in [1.54, 1.807) is 31.2 Å². The van der Waals surface area contributed by atoms with E-state index < -0.39 is 0 Å². The second-order valence-corrected chi connectivity index (χ2v) is 5.64. The Kier molecular flexibility index (Phi) is 6.06. The monoisotopic (exact) mass is 342 g/mol. The fourth-order valence-electron chi connectivity index (χ4n) is 2.56. The van der Waals surface area contributed by atoms with Crippen molar-refractivity contribution in [3.8, 4) is 23.0 Å². The predicted molar refractivity (Wildman–Crippen MR) is 95.6 cm³/mol. The average Bonchev–Trinajstić information content (AvgIpc) is 2.61. The van der Waals surface area contributed by atoms with Crippen molar-refractivity contribution in [1.82, 2.24) is 0 Å². The molecule has 2 aromatic carbocycles. The molecule has 0 unspecified atom stereocenters. The van der Waals surface area contributed by atoms with Gasteiger partial charge in [-0.25, -0.2) is 0 Å². The van der Waals surface area contributed by atoms with Crippen LogP contribution in [0, 0.1) is 6.92 Å². The van der Waals surface area contributed by atoms with Crippen LogP contribution in [0.1, 0.15) is 34.8 Å². The number of phenols is 3. The Bertz CT molecular complexity index is 779. The van der Waals surface area contributed by atoms with E-state index in [0.29, 0.717) is 35.7 Å². The summed E-state index contributed by atoms with van der Waals surface area (Å²) in [7, 11) is 0. The second kappa shape index (κ2) is 8.24. The van der Waals surface area contributed by atoms with Gasteiger partial charge in [0.2, 0.25) is 0 Å². The van der Waals surface area contributed by atoms with Crippen LogP contribution in [-0.2, 0) is 6.42 Å². The molecular weight excluding hydrogens is 320 g/mol. The number of para-hydroxylation sites is 1. The summed E-state index contributed by atoms with van der Waals surface area (Å²) in [5.74, 6) is 0.335. The Morgan fingerprint density at radius 2 is 1.80 bits per heavy atom. The molecule has 0 saturated carbocycles. The van der Waals surface area contributed by atoms with Crippen molar-refractivity contribution < 1.29 is 24.9 Å². The Balaban J connectivity index is 0.000000269. The molecule has 1 aliphatic rings. The molecule has 0 saturated heterocycles. The molecule has 25 heavy (non-hydrogen) atoms. The van der Waals surface area contributed by atoms with Gasteiger partial charge in [0.1, 0.15) is 28.6 Å². The van der Waals surface area contributed by atoms with Crippen LogP contribution in [0.25, 0.3) is 0 Å². The lowest BCUT2D eigenvalue weighted by Crippen LogP contribution is -2.17. The van der Waals surface area contributed by atoms with Gasteiger partial charge in [-0.15, -0.1) is 0 Å². The van der Waals surface area contributed by atoms with Gasteiger partial charge < -0.3 is 20.1 Å². The molecule has 1 aliphatic heterocycles. The maximum atomic E-state index is 11.9. The van der Waals surface area contributed by atoms with E-state index in [1.165, 1.54) is 0 Å². The molecule has 2 aromatic rings. The Morgan fingerprint density at radius 3 is 2.36 bits per heavy atom. The van der Waals surface area contributed by atoms with Gasteiger partial charge in [-0.2, -0.15) is 0 Å². The third-order valence-corrected chi connectivity index (χ3v) is 3.90. The third-order valence-electron chi connectivity index (χ3n) is 3.90. The minimum absolute atomic E-state index is 0.000880. The average molecular weight is 342 g/mol. The number of allylic oxidation sites excluding steroid dienone is 2. The maximum absolute atomic E-state index is 11.9. The number of carbonyl (C=O) groups excluding carboxylic acids is 1. The second-order valence-electron chi connectivity index (χ2n) is 5.64. The number of phenolic OH excluding ortho intramolecular Hbond substituents is 3. The molecule has 5 heteroatoms. The zero-order chi connectivity index (χ0) is 18.4. The molecule has 3 N–H and O–H groups in total. The number of ether oxygens (including phenoxy) is 1. The van der Waals surface area contributed by atoms with E-state index in [2.05, 4.69) is 0 Å². The Labute approximate surface area is 146 Å².